The number of rotatable bonds is 5. The Morgan fingerprint density at radius 3 is 2.21 bits per heavy atom. The lowest BCUT2D eigenvalue weighted by Crippen LogP contribution is -2.47. The van der Waals surface area contributed by atoms with Crippen molar-refractivity contribution in [3.05, 3.63) is 35.6 Å². The number of halogens is 1. The molecule has 0 saturated carbocycles. The first kappa shape index (κ1) is 14.5. The summed E-state index contributed by atoms with van der Waals surface area (Å²) in [5.41, 5.74) is 1.24. The summed E-state index contributed by atoms with van der Waals surface area (Å²) in [5.74, 6) is -0.147. The summed E-state index contributed by atoms with van der Waals surface area (Å²) in [5, 5.41) is 0. The number of hydrogen-bond acceptors (Lipinski definition) is 2. The van der Waals surface area contributed by atoms with Crippen LogP contribution in [0, 0.1) is 5.82 Å². The summed E-state index contributed by atoms with van der Waals surface area (Å²) in [6.45, 7) is 10.2. The Balaban J connectivity index is 1.97. The van der Waals surface area contributed by atoms with Gasteiger partial charge in [0.1, 0.15) is 5.82 Å². The van der Waals surface area contributed by atoms with Crippen molar-refractivity contribution in [2.24, 2.45) is 0 Å². The van der Waals surface area contributed by atoms with Gasteiger partial charge in [-0.3, -0.25) is 4.90 Å². The van der Waals surface area contributed by atoms with E-state index in [2.05, 4.69) is 23.6 Å². The van der Waals surface area contributed by atoms with Gasteiger partial charge in [-0.2, -0.15) is 0 Å². The third-order valence-corrected chi connectivity index (χ3v) is 4.03. The van der Waals surface area contributed by atoms with Crippen LogP contribution in [-0.4, -0.2) is 42.5 Å². The van der Waals surface area contributed by atoms with Gasteiger partial charge in [-0.15, -0.1) is 0 Å². The third-order valence-electron chi connectivity index (χ3n) is 4.03. The minimum atomic E-state index is -0.147. The van der Waals surface area contributed by atoms with E-state index >= 15 is 0 Å². The highest BCUT2D eigenvalue weighted by Gasteiger charge is 2.23. The molecule has 1 aromatic carbocycles. The van der Waals surface area contributed by atoms with Crippen molar-refractivity contribution in [1.82, 2.24) is 9.80 Å². The lowest BCUT2D eigenvalue weighted by molar-refractivity contribution is 0.0938. The first-order valence-electron chi connectivity index (χ1n) is 7.46. The molecule has 19 heavy (non-hydrogen) atoms. The van der Waals surface area contributed by atoms with E-state index in [-0.39, 0.29) is 5.82 Å². The van der Waals surface area contributed by atoms with E-state index in [9.17, 15) is 4.39 Å². The number of piperazine rings is 1. The Morgan fingerprint density at radius 2 is 1.68 bits per heavy atom. The van der Waals surface area contributed by atoms with Crippen molar-refractivity contribution < 1.29 is 4.39 Å². The minimum absolute atomic E-state index is 0.147. The molecule has 0 N–H and O–H groups in total. The second kappa shape index (κ2) is 7.01. The fraction of sp³-hybridized carbons (Fsp3) is 0.625. The van der Waals surface area contributed by atoms with Gasteiger partial charge in [-0.1, -0.05) is 26.0 Å². The van der Waals surface area contributed by atoms with Crippen molar-refractivity contribution in [3.63, 3.8) is 0 Å². The summed E-state index contributed by atoms with van der Waals surface area (Å²) in [6, 6.07) is 7.45. The van der Waals surface area contributed by atoms with E-state index in [0.717, 1.165) is 32.6 Å². The molecule has 1 atom stereocenters. The van der Waals surface area contributed by atoms with E-state index in [1.165, 1.54) is 18.5 Å². The predicted molar refractivity (Wildman–Crippen MR) is 77.7 cm³/mol. The predicted octanol–water partition coefficient (Wildman–Crippen LogP) is 3.30. The van der Waals surface area contributed by atoms with Crippen LogP contribution in [0.2, 0.25) is 0 Å². The molecule has 0 aliphatic carbocycles. The standard InChI is InChI=1S/C16H25FN2/c1-3-9-18-10-12-19(13-11-18)16(4-2)14-5-7-15(17)8-6-14/h5-8,16H,3-4,9-13H2,1-2H3. The van der Waals surface area contributed by atoms with Crippen LogP contribution in [0.3, 0.4) is 0 Å². The average molecular weight is 264 g/mol. The highest BCUT2D eigenvalue weighted by atomic mass is 19.1. The topological polar surface area (TPSA) is 6.48 Å². The van der Waals surface area contributed by atoms with Gasteiger partial charge in [0.25, 0.3) is 0 Å². The summed E-state index contributed by atoms with van der Waals surface area (Å²) in [7, 11) is 0. The molecule has 0 radical (unpaired) electrons. The Morgan fingerprint density at radius 1 is 1.05 bits per heavy atom. The average Bonchev–Trinajstić information content (AvgIpc) is 2.44. The zero-order valence-corrected chi connectivity index (χ0v) is 12.1. The lowest BCUT2D eigenvalue weighted by Gasteiger charge is -2.39. The minimum Gasteiger partial charge on any atom is -0.301 e. The summed E-state index contributed by atoms with van der Waals surface area (Å²) >= 11 is 0. The molecule has 1 unspecified atom stereocenters. The van der Waals surface area contributed by atoms with Gasteiger partial charge in [0.2, 0.25) is 0 Å². The zero-order chi connectivity index (χ0) is 13.7. The quantitative estimate of drug-likeness (QED) is 0.805. The summed E-state index contributed by atoms with van der Waals surface area (Å²) < 4.78 is 13.0. The van der Waals surface area contributed by atoms with E-state index in [0.29, 0.717) is 6.04 Å². The third kappa shape index (κ3) is 3.77. The molecule has 1 heterocycles. The van der Waals surface area contributed by atoms with E-state index in [1.807, 2.05) is 12.1 Å². The van der Waals surface area contributed by atoms with Gasteiger partial charge >= 0.3 is 0 Å². The molecule has 1 saturated heterocycles. The maximum Gasteiger partial charge on any atom is 0.123 e. The van der Waals surface area contributed by atoms with Crippen molar-refractivity contribution in [1.29, 1.82) is 0 Å². The fourth-order valence-corrected chi connectivity index (χ4v) is 3.00. The van der Waals surface area contributed by atoms with Crippen molar-refractivity contribution in [2.75, 3.05) is 32.7 Å². The molecule has 0 bridgehead atoms. The summed E-state index contributed by atoms with van der Waals surface area (Å²) in [4.78, 5) is 5.08. The zero-order valence-electron chi connectivity index (χ0n) is 12.1. The molecule has 106 valence electrons. The molecule has 1 fully saturated rings. The molecule has 0 amide bonds. The van der Waals surface area contributed by atoms with Crippen molar-refractivity contribution >= 4 is 0 Å². The first-order valence-corrected chi connectivity index (χ1v) is 7.46. The monoisotopic (exact) mass is 264 g/mol. The van der Waals surface area contributed by atoms with Gasteiger partial charge in [0.05, 0.1) is 0 Å². The number of benzene rings is 1. The Labute approximate surface area is 116 Å². The Hall–Kier alpha value is -0.930. The molecular formula is C16H25FN2. The second-order valence-corrected chi connectivity index (χ2v) is 5.35. The molecule has 1 aliphatic heterocycles. The molecular weight excluding hydrogens is 239 g/mol. The van der Waals surface area contributed by atoms with Crippen LogP contribution in [0.25, 0.3) is 0 Å². The van der Waals surface area contributed by atoms with Crippen LogP contribution in [0.1, 0.15) is 38.3 Å². The largest absolute Gasteiger partial charge is 0.301 e. The van der Waals surface area contributed by atoms with Gasteiger partial charge in [-0.25, -0.2) is 4.39 Å². The number of nitrogens with zero attached hydrogens (tertiary/aromatic N) is 2. The normalized spacial score (nSPS) is 19.5. The van der Waals surface area contributed by atoms with Crippen molar-refractivity contribution in [3.8, 4) is 0 Å². The van der Waals surface area contributed by atoms with Crippen molar-refractivity contribution in [2.45, 2.75) is 32.7 Å². The van der Waals surface area contributed by atoms with Crippen LogP contribution in [0.4, 0.5) is 4.39 Å². The van der Waals surface area contributed by atoms with Gasteiger partial charge < -0.3 is 4.90 Å². The second-order valence-electron chi connectivity index (χ2n) is 5.35. The fourth-order valence-electron chi connectivity index (χ4n) is 3.00. The van der Waals surface area contributed by atoms with E-state index < -0.39 is 0 Å². The Kier molecular flexibility index (Phi) is 5.34. The molecule has 0 aromatic heterocycles. The van der Waals surface area contributed by atoms with Crippen LogP contribution in [0.5, 0.6) is 0 Å². The molecule has 3 heteroatoms. The van der Waals surface area contributed by atoms with Crippen LogP contribution < -0.4 is 0 Å². The lowest BCUT2D eigenvalue weighted by atomic mass is 10.0. The van der Waals surface area contributed by atoms with Crippen LogP contribution in [-0.2, 0) is 0 Å². The van der Waals surface area contributed by atoms with Gasteiger partial charge in [0, 0.05) is 32.2 Å². The SMILES string of the molecule is CCCN1CCN(C(CC)c2ccc(F)cc2)CC1. The van der Waals surface area contributed by atoms with Crippen LogP contribution >= 0.6 is 0 Å². The molecule has 2 rings (SSSR count). The smallest absolute Gasteiger partial charge is 0.123 e. The van der Waals surface area contributed by atoms with E-state index in [1.54, 1.807) is 12.1 Å². The van der Waals surface area contributed by atoms with Gasteiger partial charge in [-0.05, 0) is 37.1 Å². The molecule has 2 nitrogen and oxygen atoms in total. The Bertz CT molecular complexity index is 369. The summed E-state index contributed by atoms with van der Waals surface area (Å²) in [6.07, 6.45) is 2.31. The van der Waals surface area contributed by atoms with E-state index in [4.69, 9.17) is 0 Å². The molecule has 1 aliphatic rings. The number of hydrogen-bond donors (Lipinski definition) is 0. The highest BCUT2D eigenvalue weighted by Crippen LogP contribution is 2.25. The van der Waals surface area contributed by atoms with Gasteiger partial charge in [0.15, 0.2) is 0 Å². The maximum absolute atomic E-state index is 13.0. The first-order chi connectivity index (χ1) is 9.24. The molecule has 0 spiro atoms. The highest BCUT2D eigenvalue weighted by molar-refractivity contribution is 5.20. The maximum atomic E-state index is 13.0. The molecule has 1 aromatic rings. The van der Waals surface area contributed by atoms with Crippen LogP contribution in [0.15, 0.2) is 24.3 Å².